The van der Waals surface area contributed by atoms with Crippen LogP contribution >= 0.6 is 11.3 Å². The minimum absolute atomic E-state index is 0.0500. The van der Waals surface area contributed by atoms with Crippen molar-refractivity contribution < 1.29 is 18.3 Å². The van der Waals surface area contributed by atoms with Crippen LogP contribution in [0.2, 0.25) is 0 Å². The molecule has 1 unspecified atom stereocenters. The van der Waals surface area contributed by atoms with Crippen molar-refractivity contribution in [2.24, 2.45) is 5.92 Å². The predicted molar refractivity (Wildman–Crippen MR) is 65.6 cm³/mol. The minimum atomic E-state index is -3.66. The molecule has 0 radical (unpaired) electrons. The number of carboxylic acids is 1. The van der Waals surface area contributed by atoms with Crippen LogP contribution in [0.3, 0.4) is 0 Å². The average Bonchev–Trinajstić information content (AvgIpc) is 2.75. The van der Waals surface area contributed by atoms with Crippen molar-refractivity contribution in [2.45, 2.75) is 17.6 Å². The number of nitriles is 1. The minimum Gasteiger partial charge on any atom is -0.481 e. The van der Waals surface area contributed by atoms with Crippen LogP contribution in [-0.4, -0.2) is 26.0 Å². The van der Waals surface area contributed by atoms with Gasteiger partial charge in [-0.25, -0.2) is 13.1 Å². The number of aliphatic carboxylic acids is 1. The van der Waals surface area contributed by atoms with E-state index in [9.17, 15) is 13.2 Å². The van der Waals surface area contributed by atoms with Crippen LogP contribution in [0.15, 0.2) is 16.3 Å². The summed E-state index contributed by atoms with van der Waals surface area (Å²) in [5, 5.41) is 17.2. The number of hydrogen-bond donors (Lipinski definition) is 2. The summed E-state index contributed by atoms with van der Waals surface area (Å²) < 4.78 is 26.0. The molecule has 8 heteroatoms. The fourth-order valence-electron chi connectivity index (χ4n) is 1.22. The topological polar surface area (TPSA) is 107 Å². The Kier molecular flexibility index (Phi) is 4.84. The lowest BCUT2D eigenvalue weighted by Crippen LogP contribution is -2.28. The molecule has 1 rings (SSSR count). The van der Waals surface area contributed by atoms with Gasteiger partial charge in [0.2, 0.25) is 10.0 Å². The summed E-state index contributed by atoms with van der Waals surface area (Å²) in [4.78, 5) is 10.7. The predicted octanol–water partition coefficient (Wildman–Crippen LogP) is 1.01. The van der Waals surface area contributed by atoms with Crippen LogP contribution in [0, 0.1) is 17.2 Å². The van der Waals surface area contributed by atoms with Crippen molar-refractivity contribution in [3.63, 3.8) is 0 Å². The Hall–Kier alpha value is -1.43. The smallest absolute Gasteiger partial charge is 0.303 e. The molecule has 0 aliphatic carbocycles. The van der Waals surface area contributed by atoms with Gasteiger partial charge in [-0.05, 0) is 18.1 Å². The summed E-state index contributed by atoms with van der Waals surface area (Å²) in [7, 11) is -3.66. The lowest BCUT2D eigenvalue weighted by molar-refractivity contribution is -0.137. The standard InChI is InChI=1S/C10H12N2O4S2/c1-7(4-9(13)14)6-12-18(15,16)10-3-2-8(5-11)17-10/h2-3,7,12H,4,6H2,1H3,(H,13,14). The average molecular weight is 288 g/mol. The maximum Gasteiger partial charge on any atom is 0.303 e. The van der Waals surface area contributed by atoms with E-state index in [0.29, 0.717) is 4.88 Å². The molecule has 1 aromatic rings. The Morgan fingerprint density at radius 3 is 2.78 bits per heavy atom. The number of nitrogens with zero attached hydrogens (tertiary/aromatic N) is 1. The van der Waals surface area contributed by atoms with Crippen LogP contribution in [0.5, 0.6) is 0 Å². The van der Waals surface area contributed by atoms with Crippen molar-refractivity contribution in [3.05, 3.63) is 17.0 Å². The molecule has 0 aromatic carbocycles. The molecule has 98 valence electrons. The lowest BCUT2D eigenvalue weighted by Gasteiger charge is -2.09. The zero-order chi connectivity index (χ0) is 13.8. The van der Waals surface area contributed by atoms with Crippen LogP contribution < -0.4 is 4.72 Å². The highest BCUT2D eigenvalue weighted by Gasteiger charge is 2.18. The molecule has 0 amide bonds. The van der Waals surface area contributed by atoms with Crippen molar-refractivity contribution in [2.75, 3.05) is 6.54 Å². The maximum absolute atomic E-state index is 11.8. The zero-order valence-corrected chi connectivity index (χ0v) is 11.2. The molecule has 0 aliphatic rings. The van der Waals surface area contributed by atoms with Crippen molar-refractivity contribution >= 4 is 27.3 Å². The molecule has 1 heterocycles. The molecule has 18 heavy (non-hydrogen) atoms. The summed E-state index contributed by atoms with van der Waals surface area (Å²) in [6, 6.07) is 4.64. The van der Waals surface area contributed by atoms with Crippen molar-refractivity contribution in [3.8, 4) is 6.07 Å². The van der Waals surface area contributed by atoms with Gasteiger partial charge >= 0.3 is 5.97 Å². The van der Waals surface area contributed by atoms with E-state index in [4.69, 9.17) is 10.4 Å². The van der Waals surface area contributed by atoms with E-state index >= 15 is 0 Å². The third-order valence-corrected chi connectivity index (χ3v) is 5.01. The first-order valence-electron chi connectivity index (χ1n) is 5.06. The lowest BCUT2D eigenvalue weighted by atomic mass is 10.1. The molecular formula is C10H12N2O4S2. The first kappa shape index (κ1) is 14.6. The van der Waals surface area contributed by atoms with Crippen LogP contribution in [-0.2, 0) is 14.8 Å². The van der Waals surface area contributed by atoms with Gasteiger partial charge in [0.05, 0.1) is 0 Å². The van der Waals surface area contributed by atoms with Crippen molar-refractivity contribution in [1.29, 1.82) is 5.26 Å². The third kappa shape index (κ3) is 4.10. The summed E-state index contributed by atoms with van der Waals surface area (Å²) in [6.07, 6.45) is -0.101. The first-order valence-corrected chi connectivity index (χ1v) is 7.36. The Labute approximate surface area is 109 Å². The molecule has 1 atom stereocenters. The summed E-state index contributed by atoms with van der Waals surface area (Å²) in [5.74, 6) is -1.27. The van der Waals surface area contributed by atoms with Gasteiger partial charge in [0.15, 0.2) is 0 Å². The summed E-state index contributed by atoms with van der Waals surface area (Å²) in [6.45, 7) is 1.69. The van der Waals surface area contributed by atoms with E-state index in [2.05, 4.69) is 4.72 Å². The van der Waals surface area contributed by atoms with E-state index in [0.717, 1.165) is 11.3 Å². The van der Waals surface area contributed by atoms with E-state index < -0.39 is 16.0 Å². The van der Waals surface area contributed by atoms with Gasteiger partial charge in [-0.2, -0.15) is 5.26 Å². The molecule has 0 saturated heterocycles. The number of hydrogen-bond acceptors (Lipinski definition) is 5. The number of carboxylic acid groups (broad SMARTS) is 1. The van der Waals surface area contributed by atoms with E-state index in [1.807, 2.05) is 6.07 Å². The van der Waals surface area contributed by atoms with Gasteiger partial charge in [-0.1, -0.05) is 6.92 Å². The Morgan fingerprint density at radius 2 is 2.28 bits per heavy atom. The van der Waals surface area contributed by atoms with Gasteiger partial charge in [0.25, 0.3) is 0 Å². The monoisotopic (exact) mass is 288 g/mol. The fourth-order valence-corrected chi connectivity index (χ4v) is 3.53. The van der Waals surface area contributed by atoms with Crippen LogP contribution in [0.1, 0.15) is 18.2 Å². The van der Waals surface area contributed by atoms with E-state index in [-0.39, 0.29) is 23.1 Å². The Morgan fingerprint density at radius 1 is 1.61 bits per heavy atom. The normalized spacial score (nSPS) is 12.9. The van der Waals surface area contributed by atoms with Crippen molar-refractivity contribution in [1.82, 2.24) is 4.72 Å². The Bertz CT molecular complexity index is 571. The maximum atomic E-state index is 11.8. The molecule has 1 aromatic heterocycles. The summed E-state index contributed by atoms with van der Waals surface area (Å²) >= 11 is 0.877. The van der Waals surface area contributed by atoms with Gasteiger partial charge in [0, 0.05) is 13.0 Å². The fraction of sp³-hybridized carbons (Fsp3) is 0.400. The highest BCUT2D eigenvalue weighted by molar-refractivity contribution is 7.91. The molecule has 0 fully saturated rings. The second-order valence-corrected chi connectivity index (χ2v) is 6.86. The second-order valence-electron chi connectivity index (χ2n) is 3.79. The molecule has 0 spiro atoms. The molecule has 2 N–H and O–H groups in total. The number of thiophene rings is 1. The third-order valence-electron chi connectivity index (χ3n) is 2.10. The summed E-state index contributed by atoms with van der Waals surface area (Å²) in [5.41, 5.74) is 0. The number of nitrogens with one attached hydrogen (secondary N) is 1. The molecule has 0 saturated carbocycles. The highest BCUT2D eigenvalue weighted by Crippen LogP contribution is 2.20. The number of sulfonamides is 1. The SMILES string of the molecule is CC(CNS(=O)(=O)c1ccc(C#N)s1)CC(=O)O. The van der Waals surface area contributed by atoms with Crippen LogP contribution in [0.4, 0.5) is 0 Å². The molecule has 6 nitrogen and oxygen atoms in total. The second kappa shape index (κ2) is 5.95. The quantitative estimate of drug-likeness (QED) is 0.812. The van der Waals surface area contributed by atoms with E-state index in [1.54, 1.807) is 6.92 Å². The molecule has 0 bridgehead atoms. The molecule has 0 aliphatic heterocycles. The highest BCUT2D eigenvalue weighted by atomic mass is 32.2. The number of rotatable bonds is 6. The van der Waals surface area contributed by atoms with Gasteiger partial charge in [0.1, 0.15) is 15.2 Å². The van der Waals surface area contributed by atoms with Crippen LogP contribution in [0.25, 0.3) is 0 Å². The number of carbonyl (C=O) groups is 1. The van der Waals surface area contributed by atoms with Gasteiger partial charge < -0.3 is 5.11 Å². The zero-order valence-electron chi connectivity index (χ0n) is 9.58. The Balaban J connectivity index is 2.66. The largest absolute Gasteiger partial charge is 0.481 e. The van der Waals surface area contributed by atoms with Gasteiger partial charge in [-0.15, -0.1) is 11.3 Å². The first-order chi connectivity index (χ1) is 8.35. The van der Waals surface area contributed by atoms with E-state index in [1.165, 1.54) is 12.1 Å². The van der Waals surface area contributed by atoms with Gasteiger partial charge in [-0.3, -0.25) is 4.79 Å². The molecular weight excluding hydrogens is 276 g/mol.